The molecule has 8 nitrogen and oxygen atoms in total. The summed E-state index contributed by atoms with van der Waals surface area (Å²) in [5, 5.41) is 20.6. The Morgan fingerprint density at radius 3 is 3.00 bits per heavy atom. The number of anilines is 1. The zero-order chi connectivity index (χ0) is 14.5. The van der Waals surface area contributed by atoms with Gasteiger partial charge >= 0.3 is 12.0 Å². The number of carboxylic acid groups (broad SMARTS) is 1. The van der Waals surface area contributed by atoms with E-state index < -0.39 is 12.0 Å². The van der Waals surface area contributed by atoms with E-state index >= 15 is 0 Å². The molecule has 0 aromatic carbocycles. The number of nitrogens with zero attached hydrogens (tertiary/aromatic N) is 3. The molecule has 2 amide bonds. The molecule has 2 heterocycles. The third kappa shape index (κ3) is 3.64. The summed E-state index contributed by atoms with van der Waals surface area (Å²) < 4.78 is 5.22. The summed E-state index contributed by atoms with van der Waals surface area (Å²) in [6.45, 7) is 2.95. The number of hydrogen-bond acceptors (Lipinski definition) is 6. The van der Waals surface area contributed by atoms with Crippen molar-refractivity contribution < 1.29 is 19.4 Å². The monoisotopic (exact) mass is 300 g/mol. The number of aryl methyl sites for hydroxylation is 1. The first-order chi connectivity index (χ1) is 9.60. The van der Waals surface area contributed by atoms with E-state index in [1.165, 1.54) is 16.2 Å². The summed E-state index contributed by atoms with van der Waals surface area (Å²) in [5.41, 5.74) is 0. The normalized spacial score (nSPS) is 18.9. The molecule has 1 saturated heterocycles. The molecule has 0 spiro atoms. The predicted octanol–water partition coefficient (Wildman–Crippen LogP) is 0.808. The fourth-order valence-corrected chi connectivity index (χ4v) is 2.57. The molecule has 0 saturated carbocycles. The van der Waals surface area contributed by atoms with E-state index in [9.17, 15) is 9.59 Å². The largest absolute Gasteiger partial charge is 0.481 e. The smallest absolute Gasteiger partial charge is 0.324 e. The van der Waals surface area contributed by atoms with Crippen molar-refractivity contribution in [3.8, 4) is 0 Å². The zero-order valence-corrected chi connectivity index (χ0v) is 11.9. The van der Waals surface area contributed by atoms with Gasteiger partial charge in [0.1, 0.15) is 5.01 Å². The molecule has 1 atom stereocenters. The van der Waals surface area contributed by atoms with Gasteiger partial charge in [-0.05, 0) is 6.42 Å². The van der Waals surface area contributed by atoms with Crippen LogP contribution in [0.1, 0.15) is 18.4 Å². The van der Waals surface area contributed by atoms with Crippen LogP contribution in [0.15, 0.2) is 0 Å². The second-order valence-electron chi connectivity index (χ2n) is 4.30. The van der Waals surface area contributed by atoms with Crippen molar-refractivity contribution >= 4 is 28.5 Å². The number of amides is 2. The number of rotatable bonds is 4. The quantitative estimate of drug-likeness (QED) is 0.852. The van der Waals surface area contributed by atoms with Crippen molar-refractivity contribution in [2.24, 2.45) is 0 Å². The van der Waals surface area contributed by atoms with E-state index in [4.69, 9.17) is 9.84 Å². The van der Waals surface area contributed by atoms with E-state index in [0.29, 0.717) is 18.3 Å². The van der Waals surface area contributed by atoms with Crippen molar-refractivity contribution in [1.29, 1.82) is 0 Å². The van der Waals surface area contributed by atoms with Crippen LogP contribution in [0.2, 0.25) is 0 Å². The van der Waals surface area contributed by atoms with Crippen molar-refractivity contribution in [3.63, 3.8) is 0 Å². The Kier molecular flexibility index (Phi) is 4.85. The molecule has 0 aliphatic carbocycles. The van der Waals surface area contributed by atoms with Crippen molar-refractivity contribution in [2.45, 2.75) is 25.8 Å². The molecule has 2 N–H and O–H groups in total. The lowest BCUT2D eigenvalue weighted by Gasteiger charge is -2.34. The number of carbonyl (C=O) groups excluding carboxylic acids is 1. The number of carbonyl (C=O) groups is 2. The predicted molar refractivity (Wildman–Crippen MR) is 71.9 cm³/mol. The van der Waals surface area contributed by atoms with Crippen LogP contribution in [0, 0.1) is 0 Å². The highest BCUT2D eigenvalue weighted by molar-refractivity contribution is 7.15. The summed E-state index contributed by atoms with van der Waals surface area (Å²) >= 11 is 1.31. The van der Waals surface area contributed by atoms with Gasteiger partial charge in [0.15, 0.2) is 0 Å². The Morgan fingerprint density at radius 1 is 1.55 bits per heavy atom. The molecule has 0 bridgehead atoms. The summed E-state index contributed by atoms with van der Waals surface area (Å²) in [7, 11) is 0. The van der Waals surface area contributed by atoms with Gasteiger partial charge in [-0.3, -0.25) is 10.1 Å². The molecule has 1 aromatic heterocycles. The lowest BCUT2D eigenvalue weighted by atomic mass is 10.1. The summed E-state index contributed by atoms with van der Waals surface area (Å²) in [5.74, 6) is -0.956. The molecule has 1 unspecified atom stereocenters. The minimum absolute atomic E-state index is 0.135. The number of ether oxygens (including phenoxy) is 1. The Labute approximate surface area is 119 Å². The molecule has 110 valence electrons. The molecule has 20 heavy (non-hydrogen) atoms. The van der Waals surface area contributed by atoms with Gasteiger partial charge in [-0.15, -0.1) is 10.2 Å². The second-order valence-corrected chi connectivity index (χ2v) is 5.37. The van der Waals surface area contributed by atoms with Gasteiger partial charge in [-0.2, -0.15) is 0 Å². The van der Waals surface area contributed by atoms with Gasteiger partial charge in [-0.25, -0.2) is 4.79 Å². The van der Waals surface area contributed by atoms with Crippen LogP contribution in [0.25, 0.3) is 0 Å². The van der Waals surface area contributed by atoms with Crippen LogP contribution >= 0.6 is 11.3 Å². The highest BCUT2D eigenvalue weighted by Gasteiger charge is 2.29. The van der Waals surface area contributed by atoms with Gasteiger partial charge in [0, 0.05) is 6.54 Å². The topological polar surface area (TPSA) is 105 Å². The van der Waals surface area contributed by atoms with E-state index in [1.54, 1.807) is 0 Å². The van der Waals surface area contributed by atoms with Gasteiger partial charge in [0.25, 0.3) is 0 Å². The molecule has 0 radical (unpaired) electrons. The minimum Gasteiger partial charge on any atom is -0.481 e. The molecule has 1 fully saturated rings. The first kappa shape index (κ1) is 14.7. The van der Waals surface area contributed by atoms with Gasteiger partial charge in [0.2, 0.25) is 5.13 Å². The number of aromatic nitrogens is 2. The lowest BCUT2D eigenvalue weighted by molar-refractivity contribution is -0.139. The maximum Gasteiger partial charge on any atom is 0.324 e. The van der Waals surface area contributed by atoms with Gasteiger partial charge < -0.3 is 14.7 Å². The van der Waals surface area contributed by atoms with Crippen LogP contribution in [0.5, 0.6) is 0 Å². The second kappa shape index (κ2) is 6.62. The number of urea groups is 1. The average molecular weight is 300 g/mol. The van der Waals surface area contributed by atoms with Crippen molar-refractivity contribution in [2.75, 3.05) is 25.1 Å². The Morgan fingerprint density at radius 2 is 2.35 bits per heavy atom. The van der Waals surface area contributed by atoms with Gasteiger partial charge in [-0.1, -0.05) is 18.3 Å². The van der Waals surface area contributed by atoms with Crippen LogP contribution < -0.4 is 5.32 Å². The van der Waals surface area contributed by atoms with E-state index in [0.717, 1.165) is 11.4 Å². The minimum atomic E-state index is -0.956. The molecular formula is C11H16N4O4S. The number of morpholine rings is 1. The third-order valence-electron chi connectivity index (χ3n) is 2.88. The zero-order valence-electron chi connectivity index (χ0n) is 11.0. The maximum atomic E-state index is 12.2. The lowest BCUT2D eigenvalue weighted by Crippen LogP contribution is -2.51. The summed E-state index contributed by atoms with van der Waals surface area (Å²) in [6, 6.07) is -0.821. The van der Waals surface area contributed by atoms with Crippen LogP contribution in [-0.2, 0) is 16.0 Å². The third-order valence-corrected chi connectivity index (χ3v) is 3.86. The molecule has 1 aromatic rings. The highest BCUT2D eigenvalue weighted by atomic mass is 32.1. The maximum absolute atomic E-state index is 12.2. The number of aliphatic carboxylic acids is 1. The number of hydrogen-bond donors (Lipinski definition) is 2. The SMILES string of the molecule is CCc1nnc(NC(=O)N2CCOCC2CC(=O)O)s1. The molecule has 1 aliphatic heterocycles. The van der Waals surface area contributed by atoms with Crippen molar-refractivity contribution in [1.82, 2.24) is 15.1 Å². The standard InChI is InChI=1S/C11H16N4O4S/c1-2-8-13-14-10(20-8)12-11(18)15-3-4-19-6-7(15)5-9(16)17/h7H,2-6H2,1H3,(H,16,17)(H,12,14,18). The Hall–Kier alpha value is -1.74. The number of nitrogens with one attached hydrogen (secondary N) is 1. The van der Waals surface area contributed by atoms with Crippen molar-refractivity contribution in [3.05, 3.63) is 5.01 Å². The first-order valence-corrected chi connectivity index (χ1v) is 7.11. The highest BCUT2D eigenvalue weighted by Crippen LogP contribution is 2.18. The Balaban J connectivity index is 1.99. The molecule has 2 rings (SSSR count). The number of carboxylic acids is 1. The van der Waals surface area contributed by atoms with Crippen LogP contribution in [-0.4, -0.2) is 58.0 Å². The van der Waals surface area contributed by atoms with Crippen LogP contribution in [0.4, 0.5) is 9.93 Å². The summed E-state index contributed by atoms with van der Waals surface area (Å²) in [6.07, 6.45) is 0.622. The van der Waals surface area contributed by atoms with E-state index in [-0.39, 0.29) is 19.1 Å². The fourth-order valence-electron chi connectivity index (χ4n) is 1.90. The van der Waals surface area contributed by atoms with E-state index in [1.807, 2.05) is 6.92 Å². The fraction of sp³-hybridized carbons (Fsp3) is 0.636. The molecular weight excluding hydrogens is 284 g/mol. The summed E-state index contributed by atoms with van der Waals surface area (Å²) in [4.78, 5) is 24.4. The molecule has 1 aliphatic rings. The van der Waals surface area contributed by atoms with Gasteiger partial charge in [0.05, 0.1) is 25.7 Å². The molecule has 9 heteroatoms. The first-order valence-electron chi connectivity index (χ1n) is 6.29. The average Bonchev–Trinajstić information content (AvgIpc) is 2.86. The van der Waals surface area contributed by atoms with E-state index in [2.05, 4.69) is 15.5 Å². The Bertz CT molecular complexity index is 493. The van der Waals surface area contributed by atoms with Crippen LogP contribution in [0.3, 0.4) is 0 Å².